The standard InChI is InChI=1S/C11H14O5/c1-8(12)3-4-9(5-6-10(13)14)7-11(15)16-2/h5-7H,3-4H2,1-2H3,(H,13,14). The topological polar surface area (TPSA) is 80.7 Å². The van der Waals surface area contributed by atoms with Crippen LogP contribution in [0, 0.1) is 0 Å². The van der Waals surface area contributed by atoms with Gasteiger partial charge in [0.25, 0.3) is 0 Å². The summed E-state index contributed by atoms with van der Waals surface area (Å²) in [5.41, 5.74) is 0.449. The Morgan fingerprint density at radius 1 is 1.19 bits per heavy atom. The Morgan fingerprint density at radius 3 is 2.25 bits per heavy atom. The number of hydrogen-bond acceptors (Lipinski definition) is 4. The van der Waals surface area contributed by atoms with Crippen LogP contribution in [0.4, 0.5) is 0 Å². The average molecular weight is 226 g/mol. The highest BCUT2D eigenvalue weighted by Crippen LogP contribution is 2.08. The van der Waals surface area contributed by atoms with Crippen LogP contribution in [0.5, 0.6) is 0 Å². The summed E-state index contributed by atoms with van der Waals surface area (Å²) in [5.74, 6) is -1.72. The van der Waals surface area contributed by atoms with E-state index in [2.05, 4.69) is 4.74 Å². The van der Waals surface area contributed by atoms with Crippen molar-refractivity contribution < 1.29 is 24.2 Å². The van der Waals surface area contributed by atoms with E-state index in [1.807, 2.05) is 0 Å². The van der Waals surface area contributed by atoms with E-state index in [-0.39, 0.29) is 12.2 Å². The first-order valence-corrected chi connectivity index (χ1v) is 4.64. The molecule has 1 N–H and O–H groups in total. The van der Waals surface area contributed by atoms with Gasteiger partial charge in [0, 0.05) is 18.6 Å². The van der Waals surface area contributed by atoms with E-state index in [1.54, 1.807) is 0 Å². The predicted octanol–water partition coefficient (Wildman–Crippen LogP) is 1.10. The lowest BCUT2D eigenvalue weighted by Crippen LogP contribution is -1.99. The van der Waals surface area contributed by atoms with E-state index >= 15 is 0 Å². The van der Waals surface area contributed by atoms with Crippen molar-refractivity contribution in [1.29, 1.82) is 0 Å². The van der Waals surface area contributed by atoms with Crippen molar-refractivity contribution >= 4 is 17.7 Å². The number of carbonyl (C=O) groups is 3. The number of Topliss-reactive ketones (excluding diaryl/α,β-unsaturated/α-hetero) is 1. The largest absolute Gasteiger partial charge is 0.478 e. The van der Waals surface area contributed by atoms with Crippen LogP contribution in [0.15, 0.2) is 23.8 Å². The molecule has 5 heteroatoms. The van der Waals surface area contributed by atoms with Crippen LogP contribution in [-0.2, 0) is 19.1 Å². The molecule has 0 saturated carbocycles. The Bertz CT molecular complexity index is 338. The van der Waals surface area contributed by atoms with Crippen molar-refractivity contribution in [2.24, 2.45) is 0 Å². The summed E-state index contributed by atoms with van der Waals surface area (Å²) in [4.78, 5) is 32.0. The van der Waals surface area contributed by atoms with Crippen LogP contribution in [0.1, 0.15) is 19.8 Å². The number of esters is 1. The Morgan fingerprint density at radius 2 is 1.81 bits per heavy atom. The van der Waals surface area contributed by atoms with Gasteiger partial charge in [0.05, 0.1) is 7.11 Å². The second kappa shape index (κ2) is 7.39. The molecule has 88 valence electrons. The molecule has 0 aliphatic heterocycles. The molecule has 0 aliphatic carbocycles. The van der Waals surface area contributed by atoms with Crippen LogP contribution in [0.2, 0.25) is 0 Å². The van der Waals surface area contributed by atoms with E-state index in [0.717, 1.165) is 6.08 Å². The zero-order chi connectivity index (χ0) is 12.6. The Balaban J connectivity index is 4.62. The number of carboxylic acid groups (broad SMARTS) is 1. The summed E-state index contributed by atoms with van der Waals surface area (Å²) in [6.45, 7) is 1.43. The molecule has 0 atom stereocenters. The molecule has 0 unspecified atom stereocenters. The average Bonchev–Trinajstić information content (AvgIpc) is 2.21. The molecule has 0 saturated heterocycles. The molecule has 0 bridgehead atoms. The lowest BCUT2D eigenvalue weighted by Gasteiger charge is -1.99. The summed E-state index contributed by atoms with van der Waals surface area (Å²) in [6.07, 6.45) is 3.93. The molecule has 0 heterocycles. The van der Waals surface area contributed by atoms with Crippen LogP contribution in [0.25, 0.3) is 0 Å². The minimum Gasteiger partial charge on any atom is -0.478 e. The lowest BCUT2D eigenvalue weighted by atomic mass is 10.1. The summed E-state index contributed by atoms with van der Waals surface area (Å²) in [7, 11) is 1.22. The van der Waals surface area contributed by atoms with Gasteiger partial charge in [-0.2, -0.15) is 0 Å². The SMILES string of the molecule is COC(=O)C=C(C=CC(=O)O)CCC(C)=O. The molecule has 0 radical (unpaired) electrons. The minimum absolute atomic E-state index is 0.0282. The molecule has 0 aliphatic rings. The smallest absolute Gasteiger partial charge is 0.330 e. The number of rotatable bonds is 6. The molecule has 16 heavy (non-hydrogen) atoms. The molecule has 0 fully saturated rings. The molecule has 0 aromatic rings. The third-order valence-electron chi connectivity index (χ3n) is 1.71. The maximum atomic E-state index is 10.9. The summed E-state index contributed by atoms with van der Waals surface area (Å²) in [5, 5.41) is 8.43. The number of ketones is 1. The maximum Gasteiger partial charge on any atom is 0.330 e. The summed E-state index contributed by atoms with van der Waals surface area (Å²) < 4.78 is 4.41. The highest BCUT2D eigenvalue weighted by molar-refractivity contribution is 5.85. The fraction of sp³-hybridized carbons (Fsp3) is 0.364. The molecule has 0 spiro atoms. The fourth-order valence-electron chi connectivity index (χ4n) is 0.913. The van der Waals surface area contributed by atoms with Gasteiger partial charge >= 0.3 is 11.9 Å². The molecule has 0 aromatic carbocycles. The van der Waals surface area contributed by atoms with Gasteiger partial charge < -0.3 is 14.6 Å². The van der Waals surface area contributed by atoms with Gasteiger partial charge in [-0.25, -0.2) is 9.59 Å². The fourth-order valence-corrected chi connectivity index (χ4v) is 0.913. The quantitative estimate of drug-likeness (QED) is 0.416. The predicted molar refractivity (Wildman–Crippen MR) is 56.8 cm³/mol. The van der Waals surface area contributed by atoms with Crippen molar-refractivity contribution in [1.82, 2.24) is 0 Å². The zero-order valence-corrected chi connectivity index (χ0v) is 9.23. The Labute approximate surface area is 93.4 Å². The van der Waals surface area contributed by atoms with Gasteiger partial charge in [0.15, 0.2) is 0 Å². The van der Waals surface area contributed by atoms with E-state index < -0.39 is 11.9 Å². The number of aliphatic carboxylic acids is 1. The monoisotopic (exact) mass is 226 g/mol. The maximum absolute atomic E-state index is 10.9. The Kier molecular flexibility index (Phi) is 6.51. The van der Waals surface area contributed by atoms with Gasteiger partial charge in [-0.1, -0.05) is 6.08 Å². The summed E-state index contributed by atoms with van der Waals surface area (Å²) in [6, 6.07) is 0. The molecule has 5 nitrogen and oxygen atoms in total. The first-order valence-electron chi connectivity index (χ1n) is 4.64. The highest BCUT2D eigenvalue weighted by atomic mass is 16.5. The van der Waals surface area contributed by atoms with Crippen LogP contribution >= 0.6 is 0 Å². The molecular formula is C11H14O5. The molecular weight excluding hydrogens is 212 g/mol. The molecule has 0 aromatic heterocycles. The summed E-state index contributed by atoms with van der Waals surface area (Å²) >= 11 is 0. The number of carbonyl (C=O) groups excluding carboxylic acids is 2. The van der Waals surface area contributed by atoms with Crippen molar-refractivity contribution in [2.45, 2.75) is 19.8 Å². The third kappa shape index (κ3) is 7.49. The van der Waals surface area contributed by atoms with Crippen LogP contribution in [0.3, 0.4) is 0 Å². The van der Waals surface area contributed by atoms with Crippen molar-refractivity contribution in [3.05, 3.63) is 23.8 Å². The minimum atomic E-state index is -1.11. The number of ether oxygens (including phenoxy) is 1. The van der Waals surface area contributed by atoms with E-state index in [4.69, 9.17) is 5.11 Å². The van der Waals surface area contributed by atoms with E-state index in [0.29, 0.717) is 12.0 Å². The molecule has 0 amide bonds. The number of carboxylic acids is 1. The first kappa shape index (κ1) is 14.1. The normalized spacial score (nSPS) is 11.5. The van der Waals surface area contributed by atoms with Crippen LogP contribution in [-0.4, -0.2) is 29.9 Å². The highest BCUT2D eigenvalue weighted by Gasteiger charge is 2.02. The van der Waals surface area contributed by atoms with Gasteiger partial charge in [-0.05, 0) is 18.9 Å². The number of methoxy groups -OCH3 is 1. The van der Waals surface area contributed by atoms with E-state index in [9.17, 15) is 14.4 Å². The second-order valence-electron chi connectivity index (χ2n) is 3.12. The van der Waals surface area contributed by atoms with Crippen molar-refractivity contribution in [3.8, 4) is 0 Å². The number of allylic oxidation sites excluding steroid dienone is 2. The second-order valence-corrected chi connectivity index (χ2v) is 3.12. The van der Waals surface area contributed by atoms with Gasteiger partial charge in [-0.15, -0.1) is 0 Å². The lowest BCUT2D eigenvalue weighted by molar-refractivity contribution is -0.135. The van der Waals surface area contributed by atoms with Gasteiger partial charge in [0.2, 0.25) is 0 Å². The van der Waals surface area contributed by atoms with E-state index in [1.165, 1.54) is 26.2 Å². The Hall–Kier alpha value is -1.91. The third-order valence-corrected chi connectivity index (χ3v) is 1.71. The van der Waals surface area contributed by atoms with Crippen molar-refractivity contribution in [2.75, 3.05) is 7.11 Å². The van der Waals surface area contributed by atoms with Gasteiger partial charge in [0.1, 0.15) is 5.78 Å². The zero-order valence-electron chi connectivity index (χ0n) is 9.23. The first-order chi connectivity index (χ1) is 7.45. The number of hydrogen-bond donors (Lipinski definition) is 1. The van der Waals surface area contributed by atoms with Crippen molar-refractivity contribution in [3.63, 3.8) is 0 Å². The van der Waals surface area contributed by atoms with Gasteiger partial charge in [-0.3, -0.25) is 0 Å². The van der Waals surface area contributed by atoms with Crippen LogP contribution < -0.4 is 0 Å². The molecule has 0 rings (SSSR count).